The summed E-state index contributed by atoms with van der Waals surface area (Å²) in [5.74, 6) is -0.982. The van der Waals surface area contributed by atoms with Gasteiger partial charge in [-0.15, -0.1) is 0 Å². The van der Waals surface area contributed by atoms with Crippen molar-refractivity contribution in [1.29, 1.82) is 5.26 Å². The number of pyridine rings is 1. The summed E-state index contributed by atoms with van der Waals surface area (Å²) in [5.41, 5.74) is 2.31. The fraction of sp³-hybridized carbons (Fsp3) is 0.370. The van der Waals surface area contributed by atoms with Gasteiger partial charge in [0.15, 0.2) is 0 Å². The second-order valence-electron chi connectivity index (χ2n) is 9.58. The molecule has 0 radical (unpaired) electrons. The first-order chi connectivity index (χ1) is 17.3. The largest absolute Gasteiger partial charge is 0.326 e. The minimum Gasteiger partial charge on any atom is -0.326 e. The van der Waals surface area contributed by atoms with Crippen molar-refractivity contribution in [3.05, 3.63) is 48.2 Å². The zero-order valence-electron chi connectivity index (χ0n) is 20.5. The molecule has 1 N–H and O–H groups in total. The van der Waals surface area contributed by atoms with Crippen molar-refractivity contribution in [2.75, 3.05) is 16.8 Å². The Bertz CT molecular complexity index is 1420. The van der Waals surface area contributed by atoms with Crippen LogP contribution in [0.1, 0.15) is 38.8 Å². The van der Waals surface area contributed by atoms with Crippen LogP contribution >= 0.6 is 0 Å². The Labute approximate surface area is 208 Å². The molecule has 1 aliphatic heterocycles. The fourth-order valence-corrected chi connectivity index (χ4v) is 5.06. The normalized spacial score (nSPS) is 19.4. The summed E-state index contributed by atoms with van der Waals surface area (Å²) < 4.78 is 17.3. The maximum Gasteiger partial charge on any atom is 0.247 e. The van der Waals surface area contributed by atoms with Crippen LogP contribution in [0.4, 0.5) is 15.8 Å². The third-order valence-electron chi connectivity index (χ3n) is 7.06. The molecule has 1 aliphatic carbocycles. The van der Waals surface area contributed by atoms with E-state index in [4.69, 9.17) is 0 Å². The number of aryl methyl sites for hydroxylation is 2. The van der Waals surface area contributed by atoms with Gasteiger partial charge in [0.25, 0.3) is 0 Å². The number of hydrogen-bond donors (Lipinski definition) is 1. The number of hydrogen-bond acceptors (Lipinski definition) is 5. The van der Waals surface area contributed by atoms with Crippen molar-refractivity contribution in [3.8, 4) is 28.5 Å². The van der Waals surface area contributed by atoms with Crippen molar-refractivity contribution >= 4 is 23.2 Å². The number of nitrogens with zero attached hydrogens (tertiary/aromatic N) is 5. The van der Waals surface area contributed by atoms with Gasteiger partial charge in [0.05, 0.1) is 29.2 Å². The number of anilines is 2. The van der Waals surface area contributed by atoms with Crippen molar-refractivity contribution in [3.63, 3.8) is 0 Å². The first-order valence-corrected chi connectivity index (χ1v) is 12.1. The molecular weight excluding hydrogens is 459 g/mol. The summed E-state index contributed by atoms with van der Waals surface area (Å²) in [5, 5.41) is 16.8. The van der Waals surface area contributed by atoms with E-state index in [1.54, 1.807) is 41.2 Å². The molecule has 36 heavy (non-hydrogen) atoms. The standard InChI is InChI=1S/C27H27FN6O2/c1-4-20-11-21(34-8-7-27(15-29,26(34)36)19-5-6-19)12-24(32-20)25-22(28)9-17(10-23(25)31-16(2)35)18-13-30-33(3)14-18/h9-14,19H,4-8H2,1-3H3,(H,31,35)/t27-/m1/s1. The Hall–Kier alpha value is -4.06. The molecule has 9 heteroatoms. The number of benzene rings is 1. The van der Waals surface area contributed by atoms with Gasteiger partial charge in [0.1, 0.15) is 11.2 Å². The number of nitriles is 1. The van der Waals surface area contributed by atoms with E-state index in [0.29, 0.717) is 47.6 Å². The van der Waals surface area contributed by atoms with Crippen LogP contribution < -0.4 is 10.2 Å². The van der Waals surface area contributed by atoms with Crippen molar-refractivity contribution in [2.45, 2.75) is 39.5 Å². The number of halogens is 1. The lowest BCUT2D eigenvalue weighted by molar-refractivity contribution is -0.123. The second-order valence-corrected chi connectivity index (χ2v) is 9.58. The van der Waals surface area contributed by atoms with E-state index in [1.165, 1.54) is 13.0 Å². The number of carbonyl (C=O) groups excluding carboxylic acids is 2. The molecule has 5 rings (SSSR count). The number of carbonyl (C=O) groups is 2. The molecular formula is C27H27FN6O2. The summed E-state index contributed by atoms with van der Waals surface area (Å²) in [4.78, 5) is 31.7. The SMILES string of the molecule is CCc1cc(N2CC[C@@](C#N)(C3CC3)C2=O)cc(-c2c(F)cc(-c3cnn(C)c3)cc2NC(C)=O)n1. The molecule has 1 saturated heterocycles. The van der Waals surface area contributed by atoms with Crippen LogP contribution in [0.5, 0.6) is 0 Å². The van der Waals surface area contributed by atoms with Crippen molar-refractivity contribution in [1.82, 2.24) is 14.8 Å². The molecule has 184 valence electrons. The Morgan fingerprint density at radius 1 is 1.28 bits per heavy atom. The minimum atomic E-state index is -0.978. The lowest BCUT2D eigenvalue weighted by Gasteiger charge is -2.22. The van der Waals surface area contributed by atoms with Gasteiger partial charge in [-0.05, 0) is 61.4 Å². The third-order valence-corrected chi connectivity index (χ3v) is 7.06. The Kier molecular flexibility index (Phi) is 5.83. The van der Waals surface area contributed by atoms with Crippen molar-refractivity contribution < 1.29 is 14.0 Å². The quantitative estimate of drug-likeness (QED) is 0.554. The maximum absolute atomic E-state index is 15.7. The molecule has 3 aromatic rings. The van der Waals surface area contributed by atoms with E-state index in [-0.39, 0.29) is 29.0 Å². The van der Waals surface area contributed by atoms with E-state index in [1.807, 2.05) is 13.0 Å². The molecule has 0 spiro atoms. The summed E-state index contributed by atoms with van der Waals surface area (Å²) in [6.45, 7) is 3.72. The van der Waals surface area contributed by atoms with Gasteiger partial charge in [-0.1, -0.05) is 6.92 Å². The Morgan fingerprint density at radius 3 is 2.67 bits per heavy atom. The lowest BCUT2D eigenvalue weighted by Crippen LogP contribution is -2.35. The van der Waals surface area contributed by atoms with Gasteiger partial charge in [-0.3, -0.25) is 19.3 Å². The van der Waals surface area contributed by atoms with Gasteiger partial charge in [0, 0.05) is 43.7 Å². The monoisotopic (exact) mass is 486 g/mol. The number of amides is 2. The first kappa shape index (κ1) is 23.7. The highest BCUT2D eigenvalue weighted by Gasteiger charge is 2.56. The van der Waals surface area contributed by atoms with Crippen LogP contribution in [0.15, 0.2) is 36.7 Å². The molecule has 1 atom stereocenters. The highest BCUT2D eigenvalue weighted by molar-refractivity contribution is 6.03. The topological polar surface area (TPSA) is 104 Å². The highest BCUT2D eigenvalue weighted by Crippen LogP contribution is 2.52. The summed E-state index contributed by atoms with van der Waals surface area (Å²) in [6, 6.07) is 8.89. The first-order valence-electron chi connectivity index (χ1n) is 12.1. The molecule has 0 bridgehead atoms. The predicted octanol–water partition coefficient (Wildman–Crippen LogP) is 4.47. The zero-order valence-corrected chi connectivity index (χ0v) is 20.5. The van der Waals surface area contributed by atoms with E-state index >= 15 is 4.39 Å². The number of nitrogens with one attached hydrogen (secondary N) is 1. The third kappa shape index (κ3) is 4.02. The van der Waals surface area contributed by atoms with E-state index < -0.39 is 11.2 Å². The van der Waals surface area contributed by atoms with Crippen LogP contribution in [0.25, 0.3) is 22.4 Å². The summed E-state index contributed by atoms with van der Waals surface area (Å²) in [7, 11) is 1.77. The van der Waals surface area contributed by atoms with Crippen molar-refractivity contribution in [2.24, 2.45) is 18.4 Å². The molecule has 2 amide bonds. The van der Waals surface area contributed by atoms with Gasteiger partial charge in [-0.2, -0.15) is 10.4 Å². The maximum atomic E-state index is 15.7. The molecule has 2 aliphatic rings. The van der Waals surface area contributed by atoms with Crippen LogP contribution in [0.3, 0.4) is 0 Å². The molecule has 0 unspecified atom stereocenters. The summed E-state index contributed by atoms with van der Waals surface area (Å²) >= 11 is 0. The molecule has 3 heterocycles. The fourth-order valence-electron chi connectivity index (χ4n) is 5.06. The Balaban J connectivity index is 1.61. The van der Waals surface area contributed by atoms with Crippen LogP contribution in [-0.4, -0.2) is 33.1 Å². The summed E-state index contributed by atoms with van der Waals surface area (Å²) in [6.07, 6.45) is 6.23. The molecule has 2 aromatic heterocycles. The molecule has 8 nitrogen and oxygen atoms in total. The van der Waals surface area contributed by atoms with Gasteiger partial charge < -0.3 is 10.2 Å². The van der Waals surface area contributed by atoms with E-state index in [0.717, 1.165) is 12.8 Å². The average Bonchev–Trinajstić information content (AvgIpc) is 3.52. The van der Waals surface area contributed by atoms with Gasteiger partial charge >= 0.3 is 0 Å². The highest BCUT2D eigenvalue weighted by atomic mass is 19.1. The van der Waals surface area contributed by atoms with E-state index in [9.17, 15) is 14.9 Å². The average molecular weight is 487 g/mol. The Morgan fingerprint density at radius 2 is 2.06 bits per heavy atom. The van der Waals surface area contributed by atoms with Gasteiger partial charge in [-0.25, -0.2) is 4.39 Å². The molecule has 1 saturated carbocycles. The van der Waals surface area contributed by atoms with Crippen LogP contribution in [-0.2, 0) is 23.1 Å². The lowest BCUT2D eigenvalue weighted by atomic mass is 9.83. The van der Waals surface area contributed by atoms with Crippen LogP contribution in [0.2, 0.25) is 0 Å². The predicted molar refractivity (Wildman–Crippen MR) is 133 cm³/mol. The number of rotatable bonds is 6. The van der Waals surface area contributed by atoms with E-state index in [2.05, 4.69) is 21.5 Å². The second kappa shape index (κ2) is 8.86. The molecule has 2 fully saturated rings. The number of aromatic nitrogens is 3. The van der Waals surface area contributed by atoms with Crippen LogP contribution in [0, 0.1) is 28.5 Å². The van der Waals surface area contributed by atoms with Gasteiger partial charge in [0.2, 0.25) is 11.8 Å². The molecule has 1 aromatic carbocycles. The zero-order chi connectivity index (χ0) is 25.6. The minimum absolute atomic E-state index is 0.107. The smallest absolute Gasteiger partial charge is 0.247 e.